The van der Waals surface area contributed by atoms with Crippen molar-refractivity contribution in [2.45, 2.75) is 0 Å². The normalized spacial score (nSPS) is 13.5. The molecule has 1 heterocycles. The van der Waals surface area contributed by atoms with Crippen LogP contribution in [0.3, 0.4) is 0 Å². The van der Waals surface area contributed by atoms with Crippen LogP contribution in [0.5, 0.6) is 0 Å². The summed E-state index contributed by atoms with van der Waals surface area (Å²) >= 11 is 3.66. The van der Waals surface area contributed by atoms with Crippen molar-refractivity contribution in [2.24, 2.45) is 0 Å². The Morgan fingerprint density at radius 2 is 0.794 bits per heavy atom. The van der Waals surface area contributed by atoms with Crippen LogP contribution >= 0.6 is 0 Å². The average molecular weight is 535 g/mol. The fourth-order valence-electron chi connectivity index (χ4n) is 4.64. The van der Waals surface area contributed by atoms with Gasteiger partial charge in [0.2, 0.25) is 0 Å². The topological polar surface area (TPSA) is 13.0 Å². The molecule has 1 aliphatic rings. The maximum atomic E-state index is 3.66. The van der Waals surface area contributed by atoms with Crippen LogP contribution in [0.2, 0.25) is 0 Å². The van der Waals surface area contributed by atoms with Crippen LogP contribution < -0.4 is 19.2 Å². The molecule has 1 fully saturated rings. The molecule has 0 spiro atoms. The molecular formula is C27H26B2N4Pd. The van der Waals surface area contributed by atoms with Crippen LogP contribution in [-0.2, 0) is 18.7 Å². The summed E-state index contributed by atoms with van der Waals surface area (Å²) in [6.45, 7) is -0.0283. The zero-order chi connectivity index (χ0) is 23.5. The molecule has 5 rings (SSSR count). The van der Waals surface area contributed by atoms with Crippen molar-refractivity contribution in [1.29, 1.82) is 0 Å². The van der Waals surface area contributed by atoms with Gasteiger partial charge in [0, 0.05) is 0 Å². The maximum absolute atomic E-state index is 3.66. The van der Waals surface area contributed by atoms with E-state index in [4.69, 9.17) is 0 Å². The molecule has 0 atom stereocenters. The molecule has 34 heavy (non-hydrogen) atoms. The van der Waals surface area contributed by atoms with Crippen LogP contribution in [0.1, 0.15) is 0 Å². The van der Waals surface area contributed by atoms with E-state index in [1.54, 1.807) is 0 Å². The molecule has 1 aliphatic heterocycles. The molecule has 0 aliphatic carbocycles. The quantitative estimate of drug-likeness (QED) is 0.324. The fraction of sp³-hybridized carbons (Fsp3) is 0.0741. The van der Waals surface area contributed by atoms with Gasteiger partial charge in [-0.25, -0.2) is 0 Å². The van der Waals surface area contributed by atoms with Gasteiger partial charge < -0.3 is 0 Å². The van der Waals surface area contributed by atoms with Gasteiger partial charge in [-0.05, 0) is 0 Å². The minimum absolute atomic E-state index is 0.0142. The first-order valence-electron chi connectivity index (χ1n) is 11.4. The molecule has 4 aromatic rings. The van der Waals surface area contributed by atoms with E-state index in [-0.39, 0.29) is 13.7 Å². The van der Waals surface area contributed by atoms with Gasteiger partial charge in [-0.1, -0.05) is 0 Å². The molecule has 0 saturated carbocycles. The molecule has 0 unspecified atom stereocenters. The first kappa shape index (κ1) is 22.5. The molecule has 170 valence electrons. The van der Waals surface area contributed by atoms with Crippen molar-refractivity contribution in [1.82, 2.24) is 0 Å². The summed E-state index contributed by atoms with van der Waals surface area (Å²) in [5.41, 5.74) is 4.61. The van der Waals surface area contributed by atoms with E-state index in [0.29, 0.717) is 0 Å². The van der Waals surface area contributed by atoms with Gasteiger partial charge in [0.15, 0.2) is 0 Å². The second-order valence-corrected chi connectivity index (χ2v) is 9.07. The first-order valence-corrected chi connectivity index (χ1v) is 12.2. The van der Waals surface area contributed by atoms with Crippen LogP contribution in [0, 0.1) is 0 Å². The van der Waals surface area contributed by atoms with E-state index < -0.39 is 0 Å². The summed E-state index contributed by atoms with van der Waals surface area (Å²) in [5.74, 6) is 0. The Labute approximate surface area is 213 Å². The predicted molar refractivity (Wildman–Crippen MR) is 144 cm³/mol. The van der Waals surface area contributed by atoms with E-state index in [9.17, 15) is 0 Å². The summed E-state index contributed by atoms with van der Waals surface area (Å²) in [7, 11) is 4.36. The molecule has 0 radical (unpaired) electrons. The Balaban J connectivity index is 1.70. The van der Waals surface area contributed by atoms with Crippen molar-refractivity contribution < 1.29 is 18.7 Å². The molecule has 0 aromatic heterocycles. The molecular weight excluding hydrogens is 508 g/mol. The van der Waals surface area contributed by atoms with E-state index in [1.807, 2.05) is 0 Å². The van der Waals surface area contributed by atoms with E-state index in [2.05, 4.69) is 173 Å². The molecule has 4 aromatic carbocycles. The number of anilines is 4. The number of benzene rings is 4. The molecule has 1 saturated heterocycles. The molecule has 0 N–H and O–H groups in total. The second kappa shape index (κ2) is 9.93. The number of nitrogens with zero attached hydrogens (tertiary/aromatic N) is 4. The van der Waals surface area contributed by atoms with Crippen molar-refractivity contribution in [2.75, 3.05) is 33.3 Å². The van der Waals surface area contributed by atoms with Gasteiger partial charge in [0.05, 0.1) is 0 Å². The summed E-state index contributed by atoms with van der Waals surface area (Å²) in [5, 5.41) is 0. The van der Waals surface area contributed by atoms with E-state index in [0.717, 1.165) is 15.6 Å². The molecule has 0 bridgehead atoms. The zero-order valence-electron chi connectivity index (χ0n) is 19.3. The molecule has 0 amide bonds. The Bertz CT molecular complexity index is 1130. The molecule has 7 heteroatoms. The van der Waals surface area contributed by atoms with Crippen molar-refractivity contribution in [3.05, 3.63) is 121 Å². The average Bonchev–Trinajstić information content (AvgIpc) is 3.22. The van der Waals surface area contributed by atoms with Crippen LogP contribution in [0.4, 0.5) is 22.7 Å². The Morgan fingerprint density at radius 1 is 0.500 bits per heavy atom. The first-order chi connectivity index (χ1) is 16.7. The zero-order valence-corrected chi connectivity index (χ0v) is 20.9. The summed E-state index contributed by atoms with van der Waals surface area (Å²) in [4.78, 5) is 9.53. The van der Waals surface area contributed by atoms with Gasteiger partial charge in [-0.3, -0.25) is 0 Å². The van der Waals surface area contributed by atoms with Gasteiger partial charge >= 0.3 is 214 Å². The predicted octanol–water partition coefficient (Wildman–Crippen LogP) is 4.98. The number of hydrogen-bond acceptors (Lipinski definition) is 4. The standard InChI is InChI=1S/C27H26B2N4.Pd/c1-30(24-15-7-3-8-16-24)28-29(31(2)25-17-9-4-10-18-25)33(27-21-13-6-14-22-27)23-32(28)26-19-11-5-12-20-26;/h3-22H,1-2H3;. The third-order valence-corrected chi connectivity index (χ3v) is 7.10. The third kappa shape index (κ3) is 4.18. The number of rotatable bonds is 6. The number of hydrogen-bond donors (Lipinski definition) is 0. The van der Waals surface area contributed by atoms with Crippen LogP contribution in [0.15, 0.2) is 121 Å². The Hall–Kier alpha value is -3.26. The van der Waals surface area contributed by atoms with Crippen molar-refractivity contribution in [3.8, 4) is 0 Å². The van der Waals surface area contributed by atoms with Gasteiger partial charge in [0.1, 0.15) is 0 Å². The van der Waals surface area contributed by atoms with Gasteiger partial charge in [0.25, 0.3) is 0 Å². The third-order valence-electron chi connectivity index (χ3n) is 6.35. The fourth-order valence-corrected chi connectivity index (χ4v) is 5.46. The van der Waals surface area contributed by atoms with Gasteiger partial charge in [-0.15, -0.1) is 0 Å². The Kier molecular flexibility index (Phi) is 6.58. The van der Waals surface area contributed by atoms with Crippen molar-refractivity contribution in [3.63, 3.8) is 0 Å². The monoisotopic (exact) mass is 534 g/mol. The Morgan fingerprint density at radius 3 is 1.12 bits per heavy atom. The summed E-state index contributed by atoms with van der Waals surface area (Å²) < 4.78 is 1.04. The van der Waals surface area contributed by atoms with Crippen molar-refractivity contribution >= 4 is 40.7 Å². The minimum atomic E-state index is -0.0142. The molecule has 4 nitrogen and oxygen atoms in total. The SMILES string of the molecule is CN(B1B(N(C)c2ccccc2)N(c2ccccc2)[C](=[Pd])N1c1ccccc1)c1ccccc1. The summed E-state index contributed by atoms with van der Waals surface area (Å²) in [6.07, 6.45) is 0. The van der Waals surface area contributed by atoms with E-state index >= 15 is 0 Å². The number of para-hydroxylation sites is 4. The van der Waals surface area contributed by atoms with Crippen LogP contribution in [-0.4, -0.2) is 32.1 Å². The van der Waals surface area contributed by atoms with E-state index in [1.165, 1.54) is 11.4 Å². The van der Waals surface area contributed by atoms with Gasteiger partial charge in [-0.2, -0.15) is 0 Å². The summed E-state index contributed by atoms with van der Waals surface area (Å²) in [6, 6.07) is 42.4. The second-order valence-electron chi connectivity index (χ2n) is 8.37. The van der Waals surface area contributed by atoms with Crippen LogP contribution in [0.25, 0.3) is 0 Å².